The summed E-state index contributed by atoms with van der Waals surface area (Å²) in [6.07, 6.45) is 3.20. The molecule has 0 aliphatic carbocycles. The Morgan fingerprint density at radius 3 is 2.85 bits per heavy atom. The van der Waals surface area contributed by atoms with Gasteiger partial charge in [0.05, 0.1) is 23.6 Å². The van der Waals surface area contributed by atoms with E-state index < -0.39 is 5.63 Å². The first-order valence-electron chi connectivity index (χ1n) is 6.15. The van der Waals surface area contributed by atoms with Crippen molar-refractivity contribution in [1.29, 1.82) is 0 Å². The molecular weight excluding hydrogens is 256 g/mol. The Kier molecular flexibility index (Phi) is 3.04. The van der Waals surface area contributed by atoms with Crippen LogP contribution in [0.2, 0.25) is 0 Å². The summed E-state index contributed by atoms with van der Waals surface area (Å²) in [5.41, 5.74) is 2.09. The largest absolute Gasteiger partial charge is 0.420 e. The first-order valence-corrected chi connectivity index (χ1v) is 6.15. The van der Waals surface area contributed by atoms with E-state index >= 15 is 0 Å². The lowest BCUT2D eigenvalue weighted by Crippen LogP contribution is -2.06. The molecule has 0 saturated carbocycles. The first-order chi connectivity index (χ1) is 9.70. The molecule has 0 aliphatic rings. The molecule has 5 nitrogen and oxygen atoms in total. The van der Waals surface area contributed by atoms with E-state index in [0.717, 1.165) is 0 Å². The highest BCUT2D eigenvalue weighted by atomic mass is 16.4. The van der Waals surface area contributed by atoms with E-state index in [1.54, 1.807) is 43.6 Å². The Labute approximate surface area is 114 Å². The maximum atomic E-state index is 12.1. The zero-order valence-corrected chi connectivity index (χ0v) is 10.8. The number of aliphatic hydroxyl groups excluding tert-OH is 1. The third kappa shape index (κ3) is 1.98. The number of fused-ring (bicyclic) bond motifs is 1. The number of hydrogen-bond acceptors (Lipinski definition) is 5. The number of rotatable bonds is 2. The van der Waals surface area contributed by atoms with E-state index in [1.165, 1.54) is 0 Å². The molecule has 0 fully saturated rings. The van der Waals surface area contributed by atoms with Crippen molar-refractivity contribution in [3.05, 3.63) is 58.3 Å². The van der Waals surface area contributed by atoms with Gasteiger partial charge in [-0.05, 0) is 25.1 Å². The van der Waals surface area contributed by atoms with Gasteiger partial charge in [-0.25, -0.2) is 4.79 Å². The van der Waals surface area contributed by atoms with Crippen LogP contribution in [-0.2, 0) is 6.61 Å². The van der Waals surface area contributed by atoms with Crippen LogP contribution in [0.3, 0.4) is 0 Å². The van der Waals surface area contributed by atoms with Crippen LogP contribution >= 0.6 is 0 Å². The van der Waals surface area contributed by atoms with Crippen molar-refractivity contribution >= 4 is 11.0 Å². The van der Waals surface area contributed by atoms with Crippen molar-refractivity contribution in [3.8, 4) is 11.3 Å². The first kappa shape index (κ1) is 12.5. The van der Waals surface area contributed by atoms with Gasteiger partial charge in [-0.15, -0.1) is 0 Å². The highest BCUT2D eigenvalue weighted by molar-refractivity contribution is 5.85. The fraction of sp³-hybridized carbons (Fsp3) is 0.133. The summed E-state index contributed by atoms with van der Waals surface area (Å²) >= 11 is 0. The van der Waals surface area contributed by atoms with Crippen LogP contribution in [0.4, 0.5) is 0 Å². The monoisotopic (exact) mass is 268 g/mol. The molecule has 20 heavy (non-hydrogen) atoms. The van der Waals surface area contributed by atoms with Gasteiger partial charge in [0.15, 0.2) is 5.58 Å². The van der Waals surface area contributed by atoms with E-state index in [-0.39, 0.29) is 6.61 Å². The molecule has 0 aliphatic heterocycles. The molecule has 3 aromatic heterocycles. The van der Waals surface area contributed by atoms with E-state index in [9.17, 15) is 9.90 Å². The number of hydrogen-bond donors (Lipinski definition) is 1. The number of aromatic nitrogens is 2. The summed E-state index contributed by atoms with van der Waals surface area (Å²) in [6.45, 7) is 1.59. The lowest BCUT2D eigenvalue weighted by atomic mass is 10.1. The molecule has 0 saturated heterocycles. The minimum Gasteiger partial charge on any atom is -0.420 e. The van der Waals surface area contributed by atoms with E-state index in [0.29, 0.717) is 33.5 Å². The van der Waals surface area contributed by atoms with Crippen molar-refractivity contribution in [2.24, 2.45) is 0 Å². The number of pyridine rings is 2. The third-order valence-corrected chi connectivity index (χ3v) is 3.15. The standard InChI is InChI=1S/C15H12N2O3/c1-9-14-11(10(8-18)7-17-9)6-12(15(19)20-14)13-4-2-3-5-16-13/h2-7,18H,8H2,1H3. The predicted molar refractivity (Wildman–Crippen MR) is 74.2 cm³/mol. The van der Waals surface area contributed by atoms with E-state index in [2.05, 4.69) is 9.97 Å². The van der Waals surface area contributed by atoms with Crippen molar-refractivity contribution in [2.45, 2.75) is 13.5 Å². The lowest BCUT2D eigenvalue weighted by Gasteiger charge is -2.06. The van der Waals surface area contributed by atoms with Gasteiger partial charge >= 0.3 is 5.63 Å². The molecule has 0 atom stereocenters. The fourth-order valence-corrected chi connectivity index (χ4v) is 2.11. The topological polar surface area (TPSA) is 76.2 Å². The summed E-state index contributed by atoms with van der Waals surface area (Å²) in [5, 5.41) is 10.1. The van der Waals surface area contributed by atoms with Crippen molar-refractivity contribution in [1.82, 2.24) is 9.97 Å². The highest BCUT2D eigenvalue weighted by Crippen LogP contribution is 2.23. The second-order valence-electron chi connectivity index (χ2n) is 4.43. The molecule has 0 bridgehead atoms. The number of aliphatic hydroxyl groups is 1. The molecule has 0 unspecified atom stereocenters. The maximum Gasteiger partial charge on any atom is 0.345 e. The Balaban J connectivity index is 2.36. The van der Waals surface area contributed by atoms with Gasteiger partial charge in [-0.1, -0.05) is 6.07 Å². The van der Waals surface area contributed by atoms with Gasteiger partial charge in [0.25, 0.3) is 0 Å². The fourth-order valence-electron chi connectivity index (χ4n) is 2.11. The number of nitrogens with zero attached hydrogens (tertiary/aromatic N) is 2. The Bertz CT molecular complexity index is 826. The molecule has 0 radical (unpaired) electrons. The van der Waals surface area contributed by atoms with Gasteiger partial charge < -0.3 is 9.52 Å². The summed E-state index contributed by atoms with van der Waals surface area (Å²) in [5.74, 6) is 0. The van der Waals surface area contributed by atoms with Crippen LogP contribution in [0.25, 0.3) is 22.2 Å². The van der Waals surface area contributed by atoms with E-state index in [1.807, 2.05) is 0 Å². The molecule has 3 rings (SSSR count). The molecule has 3 aromatic rings. The van der Waals surface area contributed by atoms with Crippen LogP contribution in [0.1, 0.15) is 11.3 Å². The minimum atomic E-state index is -0.462. The molecule has 3 heterocycles. The molecule has 5 heteroatoms. The molecule has 1 N–H and O–H groups in total. The summed E-state index contributed by atoms with van der Waals surface area (Å²) in [4.78, 5) is 20.4. The molecule has 0 spiro atoms. The van der Waals surface area contributed by atoms with Crippen LogP contribution in [0.15, 0.2) is 45.9 Å². The Morgan fingerprint density at radius 1 is 1.30 bits per heavy atom. The zero-order valence-electron chi connectivity index (χ0n) is 10.8. The van der Waals surface area contributed by atoms with Gasteiger partial charge in [-0.2, -0.15) is 0 Å². The average molecular weight is 268 g/mol. The van der Waals surface area contributed by atoms with Crippen LogP contribution in [-0.4, -0.2) is 15.1 Å². The molecule has 0 amide bonds. The molecule has 100 valence electrons. The second-order valence-corrected chi connectivity index (χ2v) is 4.43. The second kappa shape index (κ2) is 4.86. The summed E-state index contributed by atoms with van der Waals surface area (Å²) in [7, 11) is 0. The summed E-state index contributed by atoms with van der Waals surface area (Å²) in [6, 6.07) is 7.02. The zero-order chi connectivity index (χ0) is 14.1. The minimum absolute atomic E-state index is 0.167. The third-order valence-electron chi connectivity index (χ3n) is 3.15. The quantitative estimate of drug-likeness (QED) is 0.769. The van der Waals surface area contributed by atoms with Crippen LogP contribution < -0.4 is 5.63 Å². The average Bonchev–Trinajstić information content (AvgIpc) is 2.49. The van der Waals surface area contributed by atoms with Crippen molar-refractivity contribution < 1.29 is 9.52 Å². The van der Waals surface area contributed by atoms with Gasteiger partial charge in [-0.3, -0.25) is 9.97 Å². The normalized spacial score (nSPS) is 10.9. The number of aryl methyl sites for hydroxylation is 1. The van der Waals surface area contributed by atoms with E-state index in [4.69, 9.17) is 4.42 Å². The molecular formula is C15H12N2O3. The Hall–Kier alpha value is -2.53. The smallest absolute Gasteiger partial charge is 0.345 e. The predicted octanol–water partition coefficient (Wildman–Crippen LogP) is 2.05. The van der Waals surface area contributed by atoms with Gasteiger partial charge in [0.2, 0.25) is 0 Å². The SMILES string of the molecule is Cc1ncc(CO)c2cc(-c3ccccn3)c(=O)oc12. The van der Waals surface area contributed by atoms with Crippen LogP contribution in [0, 0.1) is 6.92 Å². The lowest BCUT2D eigenvalue weighted by molar-refractivity contribution is 0.282. The maximum absolute atomic E-state index is 12.1. The van der Waals surface area contributed by atoms with Gasteiger partial charge in [0, 0.05) is 23.3 Å². The Morgan fingerprint density at radius 2 is 2.15 bits per heavy atom. The van der Waals surface area contributed by atoms with Crippen molar-refractivity contribution in [2.75, 3.05) is 0 Å². The summed E-state index contributed by atoms with van der Waals surface area (Å²) < 4.78 is 5.35. The highest BCUT2D eigenvalue weighted by Gasteiger charge is 2.13. The molecule has 0 aromatic carbocycles. The van der Waals surface area contributed by atoms with Gasteiger partial charge in [0.1, 0.15) is 0 Å². The van der Waals surface area contributed by atoms with Crippen LogP contribution in [0.5, 0.6) is 0 Å². The van der Waals surface area contributed by atoms with Crippen molar-refractivity contribution in [3.63, 3.8) is 0 Å².